The summed E-state index contributed by atoms with van der Waals surface area (Å²) in [6.45, 7) is 6.46. The van der Waals surface area contributed by atoms with Gasteiger partial charge in [-0.05, 0) is 6.07 Å². The summed E-state index contributed by atoms with van der Waals surface area (Å²) in [7, 11) is 1.94. The van der Waals surface area contributed by atoms with Crippen LogP contribution in [0.4, 0.5) is 0 Å². The van der Waals surface area contributed by atoms with Crippen LogP contribution in [0.5, 0.6) is 0 Å². The lowest BCUT2D eigenvalue weighted by molar-refractivity contribution is 0.523. The highest BCUT2D eigenvalue weighted by Crippen LogP contribution is 2.24. The molecule has 2 aromatic rings. The molecule has 5 nitrogen and oxygen atoms in total. The molecule has 0 aliphatic heterocycles. The average molecular weight is 217 g/mol. The van der Waals surface area contributed by atoms with Gasteiger partial charge in [0.15, 0.2) is 5.82 Å². The van der Waals surface area contributed by atoms with Crippen LogP contribution in [0, 0.1) is 0 Å². The van der Waals surface area contributed by atoms with Crippen LogP contribution in [0.1, 0.15) is 26.5 Å². The van der Waals surface area contributed by atoms with Crippen molar-refractivity contribution in [2.45, 2.75) is 26.2 Å². The fraction of sp³-hybridized carbons (Fsp3) is 0.455. The van der Waals surface area contributed by atoms with Gasteiger partial charge in [0.2, 0.25) is 0 Å². The van der Waals surface area contributed by atoms with Crippen molar-refractivity contribution in [3.05, 3.63) is 24.4 Å². The lowest BCUT2D eigenvalue weighted by Gasteiger charge is -2.17. The van der Waals surface area contributed by atoms with E-state index in [4.69, 9.17) is 0 Å². The normalized spacial score (nSPS) is 11.8. The second kappa shape index (κ2) is 3.66. The molecular formula is C11H15N5. The van der Waals surface area contributed by atoms with Gasteiger partial charge in [-0.15, -0.1) is 0 Å². The number of hydrogen-bond donors (Lipinski definition) is 0. The summed E-state index contributed by atoms with van der Waals surface area (Å²) in [5.74, 6) is 0.612. The Morgan fingerprint density at radius 2 is 1.75 bits per heavy atom. The molecule has 0 saturated heterocycles. The maximum atomic E-state index is 4.41. The molecule has 0 aliphatic carbocycles. The minimum Gasteiger partial charge on any atom is -0.271 e. The molecule has 5 heteroatoms. The molecule has 2 heterocycles. The van der Waals surface area contributed by atoms with Crippen LogP contribution in [-0.2, 0) is 12.5 Å². The molecule has 0 aliphatic rings. The van der Waals surface area contributed by atoms with Gasteiger partial charge < -0.3 is 0 Å². The summed E-state index contributed by atoms with van der Waals surface area (Å²) >= 11 is 0. The molecule has 84 valence electrons. The first kappa shape index (κ1) is 10.7. The Bertz CT molecular complexity index is 481. The van der Waals surface area contributed by atoms with E-state index >= 15 is 0 Å². The van der Waals surface area contributed by atoms with Gasteiger partial charge in [0, 0.05) is 18.2 Å². The summed E-state index contributed by atoms with van der Waals surface area (Å²) in [5, 5.41) is 4.41. The van der Waals surface area contributed by atoms with Gasteiger partial charge in [-0.25, -0.2) is 15.0 Å². The average Bonchev–Trinajstić information content (AvgIpc) is 2.61. The third-order valence-electron chi connectivity index (χ3n) is 2.37. The molecule has 0 saturated carbocycles. The fourth-order valence-electron chi connectivity index (χ4n) is 1.65. The van der Waals surface area contributed by atoms with Gasteiger partial charge in [0.1, 0.15) is 18.3 Å². The van der Waals surface area contributed by atoms with Crippen molar-refractivity contribution >= 4 is 0 Å². The molecular weight excluding hydrogens is 202 g/mol. The van der Waals surface area contributed by atoms with Crippen LogP contribution in [0.3, 0.4) is 0 Å². The van der Waals surface area contributed by atoms with Gasteiger partial charge in [-0.2, -0.15) is 5.10 Å². The highest BCUT2D eigenvalue weighted by molar-refractivity contribution is 5.49. The van der Waals surface area contributed by atoms with E-state index < -0.39 is 0 Å². The summed E-state index contributed by atoms with van der Waals surface area (Å²) in [6.07, 6.45) is 2.96. The Kier molecular flexibility index (Phi) is 2.46. The number of aryl methyl sites for hydroxylation is 1. The monoisotopic (exact) mass is 217 g/mol. The quantitative estimate of drug-likeness (QED) is 0.727. The van der Waals surface area contributed by atoms with Gasteiger partial charge >= 0.3 is 0 Å². The number of aromatic nitrogens is 5. The van der Waals surface area contributed by atoms with Crippen LogP contribution in [0.2, 0.25) is 0 Å². The zero-order valence-corrected chi connectivity index (χ0v) is 9.97. The number of rotatable bonds is 1. The molecule has 0 N–H and O–H groups in total. The van der Waals surface area contributed by atoms with Gasteiger partial charge in [0.25, 0.3) is 0 Å². The minimum absolute atomic E-state index is 0.0625. The van der Waals surface area contributed by atoms with E-state index in [-0.39, 0.29) is 5.41 Å². The number of hydrogen-bond acceptors (Lipinski definition) is 4. The van der Waals surface area contributed by atoms with E-state index in [1.165, 1.54) is 12.7 Å². The van der Waals surface area contributed by atoms with E-state index in [2.05, 4.69) is 40.8 Å². The molecule has 2 aromatic heterocycles. The first-order chi connectivity index (χ1) is 7.48. The van der Waals surface area contributed by atoms with E-state index in [0.29, 0.717) is 5.82 Å². The van der Waals surface area contributed by atoms with E-state index in [1.54, 1.807) is 0 Å². The topological polar surface area (TPSA) is 56.5 Å². The highest BCUT2D eigenvalue weighted by atomic mass is 15.3. The molecule has 0 unspecified atom stereocenters. The third-order valence-corrected chi connectivity index (χ3v) is 2.37. The van der Waals surface area contributed by atoms with Crippen molar-refractivity contribution in [2.24, 2.45) is 7.05 Å². The molecule has 2 rings (SSSR count). The zero-order chi connectivity index (χ0) is 11.8. The Morgan fingerprint density at radius 1 is 1.12 bits per heavy atom. The minimum atomic E-state index is 0.0625. The fourth-order valence-corrected chi connectivity index (χ4v) is 1.65. The van der Waals surface area contributed by atoms with E-state index in [9.17, 15) is 0 Å². The summed E-state index contributed by atoms with van der Waals surface area (Å²) < 4.78 is 1.87. The van der Waals surface area contributed by atoms with Crippen molar-refractivity contribution < 1.29 is 0 Å². The van der Waals surface area contributed by atoms with Gasteiger partial charge in [0.05, 0.1) is 0 Å². The smallest absolute Gasteiger partial charge is 0.183 e. The standard InChI is InChI=1S/C11H15N5/c1-11(2,3)9-5-8(15-16(9)4)10-13-6-12-7-14-10/h5-7H,1-4H3. The van der Waals surface area contributed by atoms with Crippen molar-refractivity contribution in [2.75, 3.05) is 0 Å². The summed E-state index contributed by atoms with van der Waals surface area (Å²) in [6, 6.07) is 2.02. The molecule has 16 heavy (non-hydrogen) atoms. The molecule has 0 spiro atoms. The predicted octanol–water partition coefficient (Wildman–Crippen LogP) is 1.57. The molecule has 0 amide bonds. The van der Waals surface area contributed by atoms with Gasteiger partial charge in [-0.1, -0.05) is 20.8 Å². The van der Waals surface area contributed by atoms with Crippen LogP contribution < -0.4 is 0 Å². The Labute approximate surface area is 94.6 Å². The first-order valence-electron chi connectivity index (χ1n) is 5.15. The van der Waals surface area contributed by atoms with E-state index in [1.807, 2.05) is 17.8 Å². The molecule has 0 aromatic carbocycles. The maximum absolute atomic E-state index is 4.41. The predicted molar refractivity (Wildman–Crippen MR) is 60.7 cm³/mol. The van der Waals surface area contributed by atoms with Crippen LogP contribution in [0.25, 0.3) is 11.5 Å². The first-order valence-corrected chi connectivity index (χ1v) is 5.15. The third kappa shape index (κ3) is 1.93. The number of nitrogens with zero attached hydrogens (tertiary/aromatic N) is 5. The summed E-state index contributed by atoms with van der Waals surface area (Å²) in [5.41, 5.74) is 2.00. The Balaban J connectivity index is 2.47. The lowest BCUT2D eigenvalue weighted by Crippen LogP contribution is -2.16. The Hall–Kier alpha value is -1.78. The van der Waals surface area contributed by atoms with Crippen LogP contribution in [-0.4, -0.2) is 24.7 Å². The summed E-state index contributed by atoms with van der Waals surface area (Å²) in [4.78, 5) is 12.0. The van der Waals surface area contributed by atoms with Crippen molar-refractivity contribution in [3.8, 4) is 11.5 Å². The van der Waals surface area contributed by atoms with Crippen molar-refractivity contribution in [1.29, 1.82) is 0 Å². The van der Waals surface area contributed by atoms with Gasteiger partial charge in [-0.3, -0.25) is 4.68 Å². The Morgan fingerprint density at radius 3 is 2.25 bits per heavy atom. The molecule has 0 bridgehead atoms. The largest absolute Gasteiger partial charge is 0.271 e. The van der Waals surface area contributed by atoms with E-state index in [0.717, 1.165) is 11.4 Å². The molecule has 0 atom stereocenters. The SMILES string of the molecule is Cn1nc(-c2ncncn2)cc1C(C)(C)C. The highest BCUT2D eigenvalue weighted by Gasteiger charge is 2.20. The molecule has 0 fully saturated rings. The van der Waals surface area contributed by atoms with Crippen LogP contribution in [0.15, 0.2) is 18.7 Å². The van der Waals surface area contributed by atoms with Crippen molar-refractivity contribution in [1.82, 2.24) is 24.7 Å². The second-order valence-electron chi connectivity index (χ2n) is 4.75. The zero-order valence-electron chi connectivity index (χ0n) is 9.97. The maximum Gasteiger partial charge on any atom is 0.183 e. The second-order valence-corrected chi connectivity index (χ2v) is 4.75. The molecule has 0 radical (unpaired) electrons. The van der Waals surface area contributed by atoms with Crippen molar-refractivity contribution in [3.63, 3.8) is 0 Å². The van der Waals surface area contributed by atoms with Crippen LogP contribution >= 0.6 is 0 Å². The lowest BCUT2D eigenvalue weighted by atomic mass is 9.92.